The molecule has 2 N–H and O–H groups in total. The van der Waals surface area contributed by atoms with Crippen LogP contribution in [-0.2, 0) is 4.74 Å². The smallest absolute Gasteiger partial charge is 0.255 e. The fourth-order valence-electron chi connectivity index (χ4n) is 3.28. The Morgan fingerprint density at radius 2 is 1.72 bits per heavy atom. The van der Waals surface area contributed by atoms with Gasteiger partial charge in [0.1, 0.15) is 0 Å². The first-order valence-electron chi connectivity index (χ1n) is 9.41. The van der Waals surface area contributed by atoms with E-state index in [0.29, 0.717) is 40.0 Å². The van der Waals surface area contributed by atoms with Gasteiger partial charge in [0, 0.05) is 53.7 Å². The molecule has 0 radical (unpaired) electrons. The van der Waals surface area contributed by atoms with Crippen LogP contribution < -0.4 is 15.5 Å². The Morgan fingerprint density at radius 1 is 1.03 bits per heavy atom. The highest BCUT2D eigenvalue weighted by Gasteiger charge is 2.20. The van der Waals surface area contributed by atoms with Gasteiger partial charge in [-0.3, -0.25) is 9.59 Å². The lowest BCUT2D eigenvalue weighted by atomic mass is 10.1. The predicted octanol–water partition coefficient (Wildman–Crippen LogP) is 4.22. The number of nitrogens with zero attached hydrogens (tertiary/aromatic N) is 1. The number of rotatable bonds is 7. The molecule has 1 saturated heterocycles. The Kier molecular flexibility index (Phi) is 7.36. The minimum atomic E-state index is -0.353. The summed E-state index contributed by atoms with van der Waals surface area (Å²) in [5, 5.41) is 6.43. The maximum atomic E-state index is 12.8. The minimum Gasteiger partial charge on any atom is -0.383 e. The molecule has 1 aliphatic heterocycles. The first-order valence-corrected chi connectivity index (χ1v) is 10.2. The summed E-state index contributed by atoms with van der Waals surface area (Å²) in [4.78, 5) is 27.5. The second-order valence-electron chi connectivity index (χ2n) is 6.79. The molecule has 2 aromatic carbocycles. The normalized spacial score (nSPS) is 13.4. The highest BCUT2D eigenvalue weighted by atomic mass is 35.5. The Balaban J connectivity index is 1.84. The summed E-state index contributed by atoms with van der Waals surface area (Å²) in [6, 6.07) is 10.0. The van der Waals surface area contributed by atoms with E-state index in [1.54, 1.807) is 37.4 Å². The lowest BCUT2D eigenvalue weighted by molar-refractivity contribution is 0.0936. The third kappa shape index (κ3) is 5.63. The summed E-state index contributed by atoms with van der Waals surface area (Å²) >= 11 is 12.0. The summed E-state index contributed by atoms with van der Waals surface area (Å²) in [6.45, 7) is 2.65. The van der Waals surface area contributed by atoms with E-state index in [4.69, 9.17) is 27.9 Å². The van der Waals surface area contributed by atoms with E-state index in [2.05, 4.69) is 15.5 Å². The number of halogens is 2. The molecule has 0 aliphatic carbocycles. The first-order chi connectivity index (χ1) is 14.0. The number of amides is 2. The molecule has 0 atom stereocenters. The Hall–Kier alpha value is -2.28. The fraction of sp³-hybridized carbons (Fsp3) is 0.333. The largest absolute Gasteiger partial charge is 0.383 e. The van der Waals surface area contributed by atoms with Crippen molar-refractivity contribution in [2.75, 3.05) is 43.6 Å². The summed E-state index contributed by atoms with van der Waals surface area (Å²) in [5.41, 5.74) is 2.24. The molecule has 154 valence electrons. The van der Waals surface area contributed by atoms with Gasteiger partial charge in [-0.15, -0.1) is 0 Å². The number of carbonyl (C=O) groups is 2. The lowest BCUT2D eigenvalue weighted by Gasteiger charge is -2.22. The van der Waals surface area contributed by atoms with Crippen LogP contribution in [0.1, 0.15) is 33.6 Å². The predicted molar refractivity (Wildman–Crippen MR) is 117 cm³/mol. The number of hydrogen-bond donors (Lipinski definition) is 2. The summed E-state index contributed by atoms with van der Waals surface area (Å²) in [7, 11) is 1.58. The number of hydrogen-bond acceptors (Lipinski definition) is 4. The lowest BCUT2D eigenvalue weighted by Crippen LogP contribution is -2.30. The van der Waals surface area contributed by atoms with Crippen molar-refractivity contribution in [3.05, 3.63) is 57.6 Å². The summed E-state index contributed by atoms with van der Waals surface area (Å²) in [5.74, 6) is -0.556. The third-order valence-corrected chi connectivity index (χ3v) is 5.10. The molecule has 6 nitrogen and oxygen atoms in total. The van der Waals surface area contributed by atoms with Crippen molar-refractivity contribution >= 4 is 46.4 Å². The maximum Gasteiger partial charge on any atom is 0.255 e. The zero-order valence-electron chi connectivity index (χ0n) is 16.1. The molecular formula is C21H23Cl2N3O3. The molecule has 0 unspecified atom stereocenters. The van der Waals surface area contributed by atoms with Crippen LogP contribution in [0.5, 0.6) is 0 Å². The van der Waals surface area contributed by atoms with Gasteiger partial charge in [-0.2, -0.15) is 0 Å². The molecule has 2 amide bonds. The number of benzene rings is 2. The van der Waals surface area contributed by atoms with Crippen molar-refractivity contribution in [2.24, 2.45) is 0 Å². The van der Waals surface area contributed by atoms with Gasteiger partial charge in [-0.05, 0) is 49.2 Å². The van der Waals surface area contributed by atoms with Crippen LogP contribution in [0, 0.1) is 0 Å². The van der Waals surface area contributed by atoms with Crippen molar-refractivity contribution < 1.29 is 14.3 Å². The minimum absolute atomic E-state index is 0.203. The topological polar surface area (TPSA) is 70.7 Å². The van der Waals surface area contributed by atoms with Gasteiger partial charge >= 0.3 is 0 Å². The van der Waals surface area contributed by atoms with Crippen LogP contribution in [-0.4, -0.2) is 45.2 Å². The molecular weight excluding hydrogens is 413 g/mol. The zero-order valence-corrected chi connectivity index (χ0v) is 17.6. The standard InChI is InChI=1S/C21H23Cl2N3O3/c1-29-9-6-24-21(28)18-13-17(4-5-19(18)26-7-2-3-8-26)25-20(27)14-10-15(22)12-16(23)11-14/h4-5,10-13H,2-3,6-9H2,1H3,(H,24,28)(H,25,27). The second kappa shape index (κ2) is 9.96. The summed E-state index contributed by atoms with van der Waals surface area (Å²) in [6.07, 6.45) is 2.19. The molecule has 1 heterocycles. The average Bonchev–Trinajstić information content (AvgIpc) is 3.22. The van der Waals surface area contributed by atoms with Crippen LogP contribution in [0.3, 0.4) is 0 Å². The monoisotopic (exact) mass is 435 g/mol. The Morgan fingerprint density at radius 3 is 2.38 bits per heavy atom. The van der Waals surface area contributed by atoms with Crippen LogP contribution in [0.15, 0.2) is 36.4 Å². The van der Waals surface area contributed by atoms with Gasteiger partial charge in [0.15, 0.2) is 0 Å². The molecule has 29 heavy (non-hydrogen) atoms. The van der Waals surface area contributed by atoms with Crippen LogP contribution in [0.25, 0.3) is 0 Å². The van der Waals surface area contributed by atoms with E-state index in [1.807, 2.05) is 6.07 Å². The molecule has 0 saturated carbocycles. The molecule has 2 aromatic rings. The molecule has 1 fully saturated rings. The van der Waals surface area contributed by atoms with Crippen molar-refractivity contribution in [3.63, 3.8) is 0 Å². The van der Waals surface area contributed by atoms with E-state index in [9.17, 15) is 9.59 Å². The first kappa shape index (κ1) is 21.4. The average molecular weight is 436 g/mol. The van der Waals surface area contributed by atoms with Gasteiger partial charge in [-0.25, -0.2) is 0 Å². The molecule has 0 spiro atoms. The molecule has 1 aliphatic rings. The van der Waals surface area contributed by atoms with Gasteiger partial charge in [-0.1, -0.05) is 23.2 Å². The highest BCUT2D eigenvalue weighted by molar-refractivity contribution is 6.35. The van der Waals surface area contributed by atoms with Gasteiger partial charge in [0.05, 0.1) is 12.2 Å². The highest BCUT2D eigenvalue weighted by Crippen LogP contribution is 2.28. The van der Waals surface area contributed by atoms with Gasteiger partial charge in [0.2, 0.25) is 0 Å². The van der Waals surface area contributed by atoms with E-state index in [0.717, 1.165) is 31.6 Å². The number of nitrogens with one attached hydrogen (secondary N) is 2. The van der Waals surface area contributed by atoms with Crippen molar-refractivity contribution in [1.82, 2.24) is 5.32 Å². The fourth-order valence-corrected chi connectivity index (χ4v) is 3.81. The van der Waals surface area contributed by atoms with Gasteiger partial charge in [0.25, 0.3) is 11.8 Å². The van der Waals surface area contributed by atoms with E-state index >= 15 is 0 Å². The van der Waals surface area contributed by atoms with E-state index in [-0.39, 0.29) is 11.8 Å². The van der Waals surface area contributed by atoms with Crippen LogP contribution in [0.4, 0.5) is 11.4 Å². The van der Waals surface area contributed by atoms with Gasteiger partial charge < -0.3 is 20.3 Å². The summed E-state index contributed by atoms with van der Waals surface area (Å²) < 4.78 is 5.00. The number of anilines is 2. The molecule has 8 heteroatoms. The molecule has 0 bridgehead atoms. The quantitative estimate of drug-likeness (QED) is 0.638. The SMILES string of the molecule is COCCNC(=O)c1cc(NC(=O)c2cc(Cl)cc(Cl)c2)ccc1N1CCCC1. The Bertz CT molecular complexity index is 878. The van der Waals surface area contributed by atoms with Crippen molar-refractivity contribution in [2.45, 2.75) is 12.8 Å². The molecule has 0 aromatic heterocycles. The third-order valence-electron chi connectivity index (χ3n) is 4.66. The van der Waals surface area contributed by atoms with E-state index < -0.39 is 0 Å². The maximum absolute atomic E-state index is 12.8. The second-order valence-corrected chi connectivity index (χ2v) is 7.66. The number of ether oxygens (including phenoxy) is 1. The van der Waals surface area contributed by atoms with Crippen molar-refractivity contribution in [1.29, 1.82) is 0 Å². The Labute approximate surface area is 180 Å². The zero-order chi connectivity index (χ0) is 20.8. The number of carbonyl (C=O) groups excluding carboxylic acids is 2. The van der Waals surface area contributed by atoms with E-state index in [1.165, 1.54) is 0 Å². The van der Waals surface area contributed by atoms with Crippen molar-refractivity contribution in [3.8, 4) is 0 Å². The number of methoxy groups -OCH3 is 1. The molecule has 3 rings (SSSR count). The van der Waals surface area contributed by atoms with Crippen LogP contribution in [0.2, 0.25) is 10.0 Å². The van der Waals surface area contributed by atoms with Crippen LogP contribution >= 0.6 is 23.2 Å².